The van der Waals surface area contributed by atoms with Gasteiger partial charge in [-0.15, -0.1) is 0 Å². The average molecular weight is 398 g/mol. The number of para-hydroxylation sites is 1. The predicted octanol–water partition coefficient (Wildman–Crippen LogP) is 6.53. The molecule has 0 bridgehead atoms. The number of aromatic nitrogens is 1. The Kier molecular flexibility index (Phi) is 5.75. The summed E-state index contributed by atoms with van der Waals surface area (Å²) in [6.07, 6.45) is 0. The van der Waals surface area contributed by atoms with Gasteiger partial charge in [0.2, 0.25) is 0 Å². The summed E-state index contributed by atoms with van der Waals surface area (Å²) in [5.74, 6) is -0.289. The second kappa shape index (κ2) is 8.78. The minimum atomic E-state index is -0.289. The third kappa shape index (κ3) is 4.03. The topological polar surface area (TPSA) is 26.5 Å². The fraction of sp³-hybridized carbons (Fsp3) is 0.115. The fourth-order valence-corrected chi connectivity index (χ4v) is 3.57. The third-order valence-corrected chi connectivity index (χ3v) is 5.10. The van der Waals surface area contributed by atoms with Crippen molar-refractivity contribution in [1.29, 1.82) is 0 Å². The van der Waals surface area contributed by atoms with Gasteiger partial charge in [-0.25, -0.2) is 4.39 Å². The van der Waals surface area contributed by atoms with Crippen LogP contribution in [0.2, 0.25) is 0 Å². The molecule has 0 saturated heterocycles. The summed E-state index contributed by atoms with van der Waals surface area (Å²) in [5, 5.41) is 4.27. The Bertz CT molecular complexity index is 1160. The van der Waals surface area contributed by atoms with Crippen molar-refractivity contribution in [1.82, 2.24) is 4.57 Å². The Balaban J connectivity index is 1.70. The summed E-state index contributed by atoms with van der Waals surface area (Å²) >= 11 is 0. The summed E-state index contributed by atoms with van der Waals surface area (Å²) in [7, 11) is 0. The molecule has 3 aromatic carbocycles. The maximum atomic E-state index is 13.8. The first-order valence-corrected chi connectivity index (χ1v) is 9.88. The second-order valence-electron chi connectivity index (χ2n) is 7.11. The molecule has 0 saturated carbocycles. The van der Waals surface area contributed by atoms with Crippen LogP contribution in [0.1, 0.15) is 23.7 Å². The lowest BCUT2D eigenvalue weighted by Crippen LogP contribution is -2.02. The molecule has 0 aliphatic heterocycles. The molecule has 0 aliphatic rings. The highest BCUT2D eigenvalue weighted by molar-refractivity contribution is 6.01. The van der Waals surface area contributed by atoms with Gasteiger partial charge in [-0.2, -0.15) is 0 Å². The number of oxime groups is 1. The van der Waals surface area contributed by atoms with E-state index < -0.39 is 0 Å². The highest BCUT2D eigenvalue weighted by atomic mass is 19.1. The van der Waals surface area contributed by atoms with Crippen LogP contribution < -0.4 is 0 Å². The maximum absolute atomic E-state index is 13.8. The molecule has 0 fully saturated rings. The molecule has 4 aromatic rings. The molecule has 0 radical (unpaired) electrons. The first-order chi connectivity index (χ1) is 14.6. The molecule has 4 rings (SSSR count). The van der Waals surface area contributed by atoms with Crippen molar-refractivity contribution in [3.05, 3.63) is 114 Å². The van der Waals surface area contributed by atoms with Gasteiger partial charge in [-0.1, -0.05) is 71.9 Å². The zero-order valence-electron chi connectivity index (χ0n) is 17.0. The number of nitrogens with zero attached hydrogens (tertiary/aromatic N) is 2. The van der Waals surface area contributed by atoms with E-state index >= 15 is 0 Å². The zero-order chi connectivity index (χ0) is 20.9. The zero-order valence-corrected chi connectivity index (χ0v) is 17.0. The second-order valence-corrected chi connectivity index (χ2v) is 7.11. The van der Waals surface area contributed by atoms with Gasteiger partial charge in [0.05, 0.1) is 11.4 Å². The van der Waals surface area contributed by atoms with Gasteiger partial charge in [0.25, 0.3) is 0 Å². The minimum absolute atomic E-state index is 0.0913. The standard InChI is InChI=1S/C26H23FN2O/c1-19(28-30-18-22-13-9-10-16-25(22)27)24-17-26(21-11-5-3-6-12-21)29(20(24)2)23-14-7-4-8-15-23/h3-17H,18H2,1-2H3/b28-19-. The van der Waals surface area contributed by atoms with Crippen molar-refractivity contribution in [3.8, 4) is 16.9 Å². The van der Waals surface area contributed by atoms with E-state index in [0.29, 0.717) is 5.56 Å². The van der Waals surface area contributed by atoms with Crippen LogP contribution in [0.25, 0.3) is 16.9 Å². The van der Waals surface area contributed by atoms with Gasteiger partial charge in [0, 0.05) is 22.5 Å². The summed E-state index contributed by atoms with van der Waals surface area (Å²) in [5.41, 5.74) is 6.57. The molecule has 0 atom stereocenters. The van der Waals surface area contributed by atoms with Gasteiger partial charge in [-0.05, 0) is 43.7 Å². The van der Waals surface area contributed by atoms with Gasteiger partial charge in [0.15, 0.2) is 0 Å². The first-order valence-electron chi connectivity index (χ1n) is 9.88. The highest BCUT2D eigenvalue weighted by Crippen LogP contribution is 2.30. The van der Waals surface area contributed by atoms with E-state index in [2.05, 4.69) is 47.0 Å². The molecule has 1 aromatic heterocycles. The monoisotopic (exact) mass is 398 g/mol. The smallest absolute Gasteiger partial charge is 0.145 e. The van der Waals surface area contributed by atoms with Crippen LogP contribution in [0.15, 0.2) is 96.2 Å². The van der Waals surface area contributed by atoms with E-state index in [0.717, 1.165) is 33.9 Å². The lowest BCUT2D eigenvalue weighted by Gasteiger charge is -2.12. The number of halogens is 1. The predicted molar refractivity (Wildman–Crippen MR) is 119 cm³/mol. The van der Waals surface area contributed by atoms with E-state index in [9.17, 15) is 4.39 Å². The van der Waals surface area contributed by atoms with Crippen LogP contribution in [0.5, 0.6) is 0 Å². The van der Waals surface area contributed by atoms with Gasteiger partial charge in [-0.3, -0.25) is 0 Å². The summed E-state index contributed by atoms with van der Waals surface area (Å²) < 4.78 is 16.0. The molecule has 150 valence electrons. The van der Waals surface area contributed by atoms with Crippen molar-refractivity contribution >= 4 is 5.71 Å². The van der Waals surface area contributed by atoms with Crippen molar-refractivity contribution in [2.75, 3.05) is 0 Å². The normalized spacial score (nSPS) is 11.5. The number of rotatable bonds is 6. The van der Waals surface area contributed by atoms with E-state index in [1.807, 2.05) is 43.3 Å². The SMILES string of the molecule is C/C(=N/OCc1ccccc1F)c1cc(-c2ccccc2)n(-c2ccccc2)c1C. The van der Waals surface area contributed by atoms with Gasteiger partial charge >= 0.3 is 0 Å². The molecule has 0 spiro atoms. The molecule has 1 heterocycles. The number of hydrogen-bond donors (Lipinski definition) is 0. The molecule has 0 unspecified atom stereocenters. The maximum Gasteiger partial charge on any atom is 0.145 e. The summed E-state index contributed by atoms with van der Waals surface area (Å²) in [4.78, 5) is 5.47. The Hall–Kier alpha value is -3.66. The molecule has 0 N–H and O–H groups in total. The van der Waals surface area contributed by atoms with E-state index in [4.69, 9.17) is 4.84 Å². The van der Waals surface area contributed by atoms with Crippen molar-refractivity contribution in [3.63, 3.8) is 0 Å². The fourth-order valence-electron chi connectivity index (χ4n) is 3.57. The van der Waals surface area contributed by atoms with Crippen LogP contribution in [0.3, 0.4) is 0 Å². The third-order valence-electron chi connectivity index (χ3n) is 5.10. The molecule has 30 heavy (non-hydrogen) atoms. The van der Waals surface area contributed by atoms with E-state index in [1.165, 1.54) is 6.07 Å². The van der Waals surface area contributed by atoms with E-state index in [1.54, 1.807) is 18.2 Å². The van der Waals surface area contributed by atoms with Crippen molar-refractivity contribution in [2.45, 2.75) is 20.5 Å². The molecular weight excluding hydrogens is 375 g/mol. The number of benzene rings is 3. The van der Waals surface area contributed by atoms with Crippen LogP contribution >= 0.6 is 0 Å². The Morgan fingerprint density at radius 3 is 2.23 bits per heavy atom. The van der Waals surface area contributed by atoms with Gasteiger partial charge in [0.1, 0.15) is 12.4 Å². The van der Waals surface area contributed by atoms with E-state index in [-0.39, 0.29) is 12.4 Å². The molecule has 4 heteroatoms. The molecular formula is C26H23FN2O. The highest BCUT2D eigenvalue weighted by Gasteiger charge is 2.16. The van der Waals surface area contributed by atoms with Crippen LogP contribution in [0, 0.1) is 12.7 Å². The average Bonchev–Trinajstić information content (AvgIpc) is 3.13. The van der Waals surface area contributed by atoms with Gasteiger partial charge < -0.3 is 9.40 Å². The van der Waals surface area contributed by atoms with Crippen molar-refractivity contribution in [2.24, 2.45) is 5.16 Å². The Morgan fingerprint density at radius 2 is 1.53 bits per heavy atom. The summed E-state index contributed by atoms with van der Waals surface area (Å²) in [6.45, 7) is 4.08. The first kappa shape index (κ1) is 19.6. The molecule has 0 aliphatic carbocycles. The Morgan fingerprint density at radius 1 is 0.900 bits per heavy atom. The van der Waals surface area contributed by atoms with Crippen LogP contribution in [0.4, 0.5) is 4.39 Å². The van der Waals surface area contributed by atoms with Crippen molar-refractivity contribution < 1.29 is 9.23 Å². The summed E-state index contributed by atoms with van der Waals surface area (Å²) in [6, 6.07) is 29.2. The minimum Gasteiger partial charge on any atom is -0.391 e. The number of hydrogen-bond acceptors (Lipinski definition) is 2. The largest absolute Gasteiger partial charge is 0.391 e. The molecule has 3 nitrogen and oxygen atoms in total. The quantitative estimate of drug-likeness (QED) is 0.268. The molecule has 0 amide bonds. The van der Waals surface area contributed by atoms with Crippen LogP contribution in [-0.2, 0) is 11.4 Å². The Labute approximate surface area is 176 Å². The van der Waals surface area contributed by atoms with Crippen LogP contribution in [-0.4, -0.2) is 10.3 Å². The lowest BCUT2D eigenvalue weighted by molar-refractivity contribution is 0.128. The lowest BCUT2D eigenvalue weighted by atomic mass is 10.1.